The third kappa shape index (κ3) is 5.81. The van der Waals surface area contributed by atoms with E-state index >= 15 is 0 Å². The molecule has 2 N–H and O–H groups in total. The first kappa shape index (κ1) is 18.8. The molecule has 0 aliphatic carbocycles. The molecule has 2 heterocycles. The molecule has 6 heteroatoms. The Morgan fingerprint density at radius 2 is 2.08 bits per heavy atom. The van der Waals surface area contributed by atoms with Crippen molar-refractivity contribution in [3.63, 3.8) is 0 Å². The molecular weight excluding hydrogens is 316 g/mol. The third-order valence-corrected chi connectivity index (χ3v) is 3.96. The molecule has 0 aliphatic heterocycles. The fraction of sp³-hybridized carbons (Fsp3) is 0.474. The molecule has 2 aromatic heterocycles. The molecule has 6 nitrogen and oxygen atoms in total. The molecule has 0 atom stereocenters. The summed E-state index contributed by atoms with van der Waals surface area (Å²) in [5.41, 5.74) is 1.94. The fourth-order valence-corrected chi connectivity index (χ4v) is 2.45. The lowest BCUT2D eigenvalue weighted by Gasteiger charge is -2.18. The summed E-state index contributed by atoms with van der Waals surface area (Å²) in [7, 11) is 0. The van der Waals surface area contributed by atoms with E-state index in [-0.39, 0.29) is 23.3 Å². The summed E-state index contributed by atoms with van der Waals surface area (Å²) in [5, 5.41) is 2.91. The number of nitrogens with zero attached hydrogens (tertiary/aromatic N) is 2. The molecule has 0 fully saturated rings. The van der Waals surface area contributed by atoms with E-state index in [0.717, 1.165) is 12.0 Å². The monoisotopic (exact) mass is 342 g/mol. The first-order chi connectivity index (χ1) is 11.8. The predicted molar refractivity (Wildman–Crippen MR) is 98.2 cm³/mol. The van der Waals surface area contributed by atoms with Crippen molar-refractivity contribution >= 4 is 5.91 Å². The summed E-state index contributed by atoms with van der Waals surface area (Å²) >= 11 is 0. The number of rotatable bonds is 6. The topological polar surface area (TPSA) is 87.7 Å². The summed E-state index contributed by atoms with van der Waals surface area (Å²) in [4.78, 5) is 35.6. The van der Waals surface area contributed by atoms with E-state index in [4.69, 9.17) is 0 Å². The minimum atomic E-state index is -0.200. The van der Waals surface area contributed by atoms with Crippen LogP contribution in [0.5, 0.6) is 0 Å². The SMILES string of the molecule is Cc1nc(-c2cccnc2)[nH]c(=O)c1CCC(=O)NCCC(C)(C)C. The van der Waals surface area contributed by atoms with Crippen LogP contribution < -0.4 is 10.9 Å². The van der Waals surface area contributed by atoms with Gasteiger partial charge in [-0.1, -0.05) is 20.8 Å². The molecule has 0 bridgehead atoms. The number of hydrogen-bond acceptors (Lipinski definition) is 4. The Kier molecular flexibility index (Phi) is 6.07. The van der Waals surface area contributed by atoms with Crippen LogP contribution in [0.3, 0.4) is 0 Å². The van der Waals surface area contributed by atoms with Crippen molar-refractivity contribution in [3.8, 4) is 11.4 Å². The smallest absolute Gasteiger partial charge is 0.254 e. The van der Waals surface area contributed by atoms with E-state index in [1.807, 2.05) is 6.07 Å². The van der Waals surface area contributed by atoms with Gasteiger partial charge in [-0.2, -0.15) is 0 Å². The van der Waals surface area contributed by atoms with Gasteiger partial charge in [0.25, 0.3) is 5.56 Å². The maximum Gasteiger partial charge on any atom is 0.254 e. The first-order valence-electron chi connectivity index (χ1n) is 8.53. The average Bonchev–Trinajstić information content (AvgIpc) is 2.53. The number of aromatic amines is 1. The highest BCUT2D eigenvalue weighted by Gasteiger charge is 2.13. The molecule has 1 amide bonds. The van der Waals surface area contributed by atoms with Crippen LogP contribution in [0.15, 0.2) is 29.3 Å². The Morgan fingerprint density at radius 1 is 1.32 bits per heavy atom. The van der Waals surface area contributed by atoms with Crippen LogP contribution in [-0.4, -0.2) is 27.4 Å². The highest BCUT2D eigenvalue weighted by atomic mass is 16.1. The van der Waals surface area contributed by atoms with E-state index in [9.17, 15) is 9.59 Å². The number of nitrogens with one attached hydrogen (secondary N) is 2. The second-order valence-electron chi connectivity index (χ2n) is 7.38. The maximum atomic E-state index is 12.3. The third-order valence-electron chi connectivity index (χ3n) is 3.96. The molecular formula is C19H26N4O2. The number of carbonyl (C=O) groups is 1. The van der Waals surface area contributed by atoms with Crippen LogP contribution in [0, 0.1) is 12.3 Å². The average molecular weight is 342 g/mol. The number of amides is 1. The second-order valence-corrected chi connectivity index (χ2v) is 7.38. The summed E-state index contributed by atoms with van der Waals surface area (Å²) in [5.74, 6) is 0.452. The highest BCUT2D eigenvalue weighted by Crippen LogP contribution is 2.17. The molecule has 0 spiro atoms. The van der Waals surface area contributed by atoms with Gasteiger partial charge in [-0.15, -0.1) is 0 Å². The van der Waals surface area contributed by atoms with Gasteiger partial charge in [0.1, 0.15) is 5.82 Å². The number of aryl methyl sites for hydroxylation is 1. The van der Waals surface area contributed by atoms with Crippen molar-refractivity contribution in [2.45, 2.75) is 47.0 Å². The van der Waals surface area contributed by atoms with Crippen molar-refractivity contribution in [2.75, 3.05) is 6.54 Å². The molecule has 2 rings (SSSR count). The predicted octanol–water partition coefficient (Wildman–Crippen LogP) is 2.63. The van der Waals surface area contributed by atoms with Gasteiger partial charge in [0, 0.05) is 42.2 Å². The van der Waals surface area contributed by atoms with Gasteiger partial charge in [-0.25, -0.2) is 4.98 Å². The van der Waals surface area contributed by atoms with Crippen LogP contribution in [-0.2, 0) is 11.2 Å². The van der Waals surface area contributed by atoms with Gasteiger partial charge in [-0.05, 0) is 37.3 Å². The lowest BCUT2D eigenvalue weighted by molar-refractivity contribution is -0.121. The Hall–Kier alpha value is -2.50. The maximum absolute atomic E-state index is 12.3. The van der Waals surface area contributed by atoms with Crippen LogP contribution >= 0.6 is 0 Å². The lowest BCUT2D eigenvalue weighted by atomic mass is 9.92. The van der Waals surface area contributed by atoms with E-state index in [0.29, 0.717) is 30.0 Å². The highest BCUT2D eigenvalue weighted by molar-refractivity contribution is 5.76. The molecule has 0 saturated heterocycles. The number of carbonyl (C=O) groups excluding carboxylic acids is 1. The minimum absolute atomic E-state index is 0.0422. The minimum Gasteiger partial charge on any atom is -0.356 e. The number of pyridine rings is 1. The Labute approximate surface area is 148 Å². The second kappa shape index (κ2) is 8.05. The van der Waals surface area contributed by atoms with Crippen molar-refractivity contribution < 1.29 is 4.79 Å². The first-order valence-corrected chi connectivity index (χ1v) is 8.53. The largest absolute Gasteiger partial charge is 0.356 e. The molecule has 25 heavy (non-hydrogen) atoms. The van der Waals surface area contributed by atoms with Crippen LogP contribution in [0.2, 0.25) is 0 Å². The van der Waals surface area contributed by atoms with Crippen LogP contribution in [0.4, 0.5) is 0 Å². The summed E-state index contributed by atoms with van der Waals surface area (Å²) in [6, 6.07) is 3.63. The number of hydrogen-bond donors (Lipinski definition) is 2. The molecule has 2 aromatic rings. The molecule has 0 aliphatic rings. The van der Waals surface area contributed by atoms with Gasteiger partial charge in [0.15, 0.2) is 0 Å². The fourth-order valence-electron chi connectivity index (χ4n) is 2.45. The van der Waals surface area contributed by atoms with Crippen molar-refractivity contribution in [1.29, 1.82) is 0 Å². The lowest BCUT2D eigenvalue weighted by Crippen LogP contribution is -2.28. The zero-order valence-corrected chi connectivity index (χ0v) is 15.3. The van der Waals surface area contributed by atoms with E-state index in [1.165, 1.54) is 0 Å². The molecule has 0 saturated carbocycles. The molecule has 0 aromatic carbocycles. The normalized spacial score (nSPS) is 11.4. The molecule has 134 valence electrons. The van der Waals surface area contributed by atoms with Crippen LogP contribution in [0.1, 0.15) is 44.9 Å². The van der Waals surface area contributed by atoms with Gasteiger partial charge < -0.3 is 10.3 Å². The van der Waals surface area contributed by atoms with Crippen molar-refractivity contribution in [2.24, 2.45) is 5.41 Å². The Morgan fingerprint density at radius 3 is 2.68 bits per heavy atom. The summed E-state index contributed by atoms with van der Waals surface area (Å²) < 4.78 is 0. The Balaban J connectivity index is 1.99. The molecule has 0 radical (unpaired) electrons. The van der Waals surface area contributed by atoms with Gasteiger partial charge in [0.2, 0.25) is 5.91 Å². The Bertz CT molecular complexity index is 776. The number of aromatic nitrogens is 3. The zero-order chi connectivity index (χ0) is 18.4. The number of H-pyrrole nitrogens is 1. The van der Waals surface area contributed by atoms with E-state index in [2.05, 4.69) is 41.0 Å². The van der Waals surface area contributed by atoms with Gasteiger partial charge in [-0.3, -0.25) is 14.6 Å². The van der Waals surface area contributed by atoms with Gasteiger partial charge >= 0.3 is 0 Å². The quantitative estimate of drug-likeness (QED) is 0.845. The van der Waals surface area contributed by atoms with Crippen molar-refractivity contribution in [3.05, 3.63) is 46.1 Å². The summed E-state index contributed by atoms with van der Waals surface area (Å²) in [6.07, 6.45) is 4.89. The van der Waals surface area contributed by atoms with Crippen molar-refractivity contribution in [1.82, 2.24) is 20.3 Å². The standard InChI is InChI=1S/C19H26N4O2/c1-13-15(7-8-16(24)21-11-9-19(2,3)4)18(25)23-17(22-13)14-6-5-10-20-12-14/h5-6,10,12H,7-9,11H2,1-4H3,(H,21,24)(H,22,23,25). The molecule has 0 unspecified atom stereocenters. The van der Waals surface area contributed by atoms with E-state index in [1.54, 1.807) is 25.4 Å². The summed E-state index contributed by atoms with van der Waals surface area (Å²) in [6.45, 7) is 8.85. The van der Waals surface area contributed by atoms with Gasteiger partial charge in [0.05, 0.1) is 0 Å². The van der Waals surface area contributed by atoms with E-state index < -0.39 is 0 Å². The zero-order valence-electron chi connectivity index (χ0n) is 15.3. The van der Waals surface area contributed by atoms with Crippen LogP contribution in [0.25, 0.3) is 11.4 Å².